The van der Waals surface area contributed by atoms with Gasteiger partial charge in [0, 0.05) is 5.02 Å². The number of esters is 1. The Morgan fingerprint density at radius 3 is 2.81 bits per heavy atom. The zero-order valence-corrected chi connectivity index (χ0v) is 15.3. The number of amides is 2. The lowest BCUT2D eigenvalue weighted by Crippen LogP contribution is -2.43. The normalized spacial score (nSPS) is 12.8. The van der Waals surface area contributed by atoms with Gasteiger partial charge in [-0.2, -0.15) is 0 Å². The van der Waals surface area contributed by atoms with Crippen LogP contribution in [0.15, 0.2) is 42.5 Å². The number of anilines is 2. The number of fused-ring (bicyclic) bond motifs is 1. The van der Waals surface area contributed by atoms with E-state index in [0.717, 1.165) is 0 Å². The number of hydrogen-bond donors (Lipinski definition) is 1. The number of para-hydroxylation sites is 1. The molecule has 2 amide bonds. The third kappa shape index (κ3) is 4.20. The minimum Gasteiger partial charge on any atom is -0.482 e. The Kier molecular flexibility index (Phi) is 5.61. The SMILES string of the molecule is CCOC(=O)c1ccccc1NC(=O)CN1C(=O)COc2ccc(Cl)cc21. The molecule has 27 heavy (non-hydrogen) atoms. The lowest BCUT2D eigenvalue weighted by molar-refractivity contribution is -0.123. The predicted molar refractivity (Wildman–Crippen MR) is 100 cm³/mol. The smallest absolute Gasteiger partial charge is 0.340 e. The van der Waals surface area contributed by atoms with Gasteiger partial charge >= 0.3 is 5.97 Å². The van der Waals surface area contributed by atoms with Crippen LogP contribution in [0.2, 0.25) is 5.02 Å². The molecule has 0 aromatic heterocycles. The Bertz CT molecular complexity index is 899. The highest BCUT2D eigenvalue weighted by Crippen LogP contribution is 2.34. The van der Waals surface area contributed by atoms with Crippen LogP contribution in [-0.4, -0.2) is 37.5 Å². The number of benzene rings is 2. The highest BCUT2D eigenvalue weighted by atomic mass is 35.5. The lowest BCUT2D eigenvalue weighted by Gasteiger charge is -2.29. The third-order valence-corrected chi connectivity index (χ3v) is 4.10. The molecule has 0 radical (unpaired) electrons. The summed E-state index contributed by atoms with van der Waals surface area (Å²) in [7, 11) is 0. The van der Waals surface area contributed by atoms with Gasteiger partial charge in [0.15, 0.2) is 6.61 Å². The molecule has 1 aliphatic rings. The van der Waals surface area contributed by atoms with E-state index in [4.69, 9.17) is 21.1 Å². The molecule has 0 aliphatic carbocycles. The number of ether oxygens (including phenoxy) is 2. The molecule has 0 fully saturated rings. The number of halogens is 1. The maximum atomic E-state index is 12.5. The van der Waals surface area contributed by atoms with Crippen molar-refractivity contribution >= 4 is 40.8 Å². The summed E-state index contributed by atoms with van der Waals surface area (Å²) >= 11 is 6.00. The number of carbonyl (C=O) groups excluding carboxylic acids is 3. The van der Waals surface area contributed by atoms with E-state index in [2.05, 4.69) is 5.32 Å². The first-order valence-corrected chi connectivity index (χ1v) is 8.66. The van der Waals surface area contributed by atoms with Crippen molar-refractivity contribution in [2.45, 2.75) is 6.92 Å². The van der Waals surface area contributed by atoms with E-state index >= 15 is 0 Å². The number of nitrogens with zero attached hydrogens (tertiary/aromatic N) is 1. The van der Waals surface area contributed by atoms with Crippen molar-refractivity contribution in [3.05, 3.63) is 53.1 Å². The summed E-state index contributed by atoms with van der Waals surface area (Å²) in [6, 6.07) is 11.4. The molecule has 140 valence electrons. The lowest BCUT2D eigenvalue weighted by atomic mass is 10.1. The molecule has 7 nitrogen and oxygen atoms in total. The Balaban J connectivity index is 1.79. The van der Waals surface area contributed by atoms with Crippen molar-refractivity contribution < 1.29 is 23.9 Å². The molecule has 0 spiro atoms. The average Bonchev–Trinajstić information content (AvgIpc) is 2.65. The monoisotopic (exact) mass is 388 g/mol. The van der Waals surface area contributed by atoms with Crippen LogP contribution in [0, 0.1) is 0 Å². The molecule has 0 unspecified atom stereocenters. The quantitative estimate of drug-likeness (QED) is 0.796. The van der Waals surface area contributed by atoms with Gasteiger partial charge < -0.3 is 14.8 Å². The van der Waals surface area contributed by atoms with Crippen LogP contribution in [0.3, 0.4) is 0 Å². The first-order chi connectivity index (χ1) is 13.0. The van der Waals surface area contributed by atoms with Gasteiger partial charge in [-0.05, 0) is 37.3 Å². The maximum Gasteiger partial charge on any atom is 0.340 e. The number of carbonyl (C=O) groups is 3. The van der Waals surface area contributed by atoms with E-state index < -0.39 is 11.9 Å². The summed E-state index contributed by atoms with van der Waals surface area (Å²) in [5, 5.41) is 3.08. The minimum atomic E-state index is -0.534. The van der Waals surface area contributed by atoms with Crippen molar-refractivity contribution in [3.63, 3.8) is 0 Å². The van der Waals surface area contributed by atoms with Crippen LogP contribution >= 0.6 is 11.6 Å². The second kappa shape index (κ2) is 8.09. The summed E-state index contributed by atoms with van der Waals surface area (Å²) in [6.45, 7) is 1.51. The molecule has 2 aromatic rings. The van der Waals surface area contributed by atoms with Gasteiger partial charge in [-0.15, -0.1) is 0 Å². The van der Waals surface area contributed by atoms with Crippen LogP contribution in [0.25, 0.3) is 0 Å². The Labute approximate surface area is 160 Å². The first kappa shape index (κ1) is 18.7. The largest absolute Gasteiger partial charge is 0.482 e. The van der Waals surface area contributed by atoms with Gasteiger partial charge in [-0.1, -0.05) is 23.7 Å². The highest BCUT2D eigenvalue weighted by Gasteiger charge is 2.28. The number of nitrogens with one attached hydrogen (secondary N) is 1. The van der Waals surface area contributed by atoms with Crippen LogP contribution < -0.4 is 15.0 Å². The topological polar surface area (TPSA) is 84.9 Å². The zero-order chi connectivity index (χ0) is 19.4. The highest BCUT2D eigenvalue weighted by molar-refractivity contribution is 6.31. The van der Waals surface area contributed by atoms with Crippen LogP contribution in [0.1, 0.15) is 17.3 Å². The molecular weight excluding hydrogens is 372 g/mol. The van der Waals surface area contributed by atoms with Crippen molar-refractivity contribution in [3.8, 4) is 5.75 Å². The number of hydrogen-bond acceptors (Lipinski definition) is 5. The summed E-state index contributed by atoms with van der Waals surface area (Å²) in [4.78, 5) is 38.1. The minimum absolute atomic E-state index is 0.165. The summed E-state index contributed by atoms with van der Waals surface area (Å²) in [6.07, 6.45) is 0. The fraction of sp³-hybridized carbons (Fsp3) is 0.211. The van der Waals surface area contributed by atoms with Gasteiger partial charge in [-0.3, -0.25) is 14.5 Å². The van der Waals surface area contributed by atoms with Crippen molar-refractivity contribution in [1.82, 2.24) is 0 Å². The van der Waals surface area contributed by atoms with E-state index in [0.29, 0.717) is 22.1 Å². The van der Waals surface area contributed by atoms with E-state index in [1.165, 1.54) is 4.90 Å². The molecule has 2 aromatic carbocycles. The molecule has 0 bridgehead atoms. The van der Waals surface area contributed by atoms with Gasteiger partial charge in [0.1, 0.15) is 12.3 Å². The first-order valence-electron chi connectivity index (χ1n) is 8.28. The van der Waals surface area contributed by atoms with Crippen LogP contribution in [0.5, 0.6) is 5.75 Å². The van der Waals surface area contributed by atoms with E-state index in [1.54, 1.807) is 49.4 Å². The van der Waals surface area contributed by atoms with E-state index in [1.807, 2.05) is 0 Å². The third-order valence-electron chi connectivity index (χ3n) is 3.86. The van der Waals surface area contributed by atoms with Crippen LogP contribution in [-0.2, 0) is 14.3 Å². The van der Waals surface area contributed by atoms with Gasteiger partial charge in [0.25, 0.3) is 5.91 Å². The van der Waals surface area contributed by atoms with Crippen LogP contribution in [0.4, 0.5) is 11.4 Å². The second-order valence-corrected chi connectivity index (χ2v) is 6.13. The van der Waals surface area contributed by atoms with Crippen molar-refractivity contribution in [2.24, 2.45) is 0 Å². The van der Waals surface area contributed by atoms with E-state index in [9.17, 15) is 14.4 Å². The molecule has 0 saturated heterocycles. The predicted octanol–water partition coefficient (Wildman–Crippen LogP) is 2.88. The molecule has 1 N–H and O–H groups in total. The van der Waals surface area contributed by atoms with Crippen molar-refractivity contribution in [2.75, 3.05) is 30.0 Å². The fourth-order valence-electron chi connectivity index (χ4n) is 2.66. The maximum absolute atomic E-state index is 12.5. The average molecular weight is 389 g/mol. The summed E-state index contributed by atoms with van der Waals surface area (Å²) in [5.41, 5.74) is 0.977. The second-order valence-electron chi connectivity index (χ2n) is 5.69. The summed E-state index contributed by atoms with van der Waals surface area (Å²) in [5.74, 6) is -0.891. The summed E-state index contributed by atoms with van der Waals surface area (Å²) < 4.78 is 10.3. The molecule has 3 rings (SSSR count). The molecule has 0 atom stereocenters. The Morgan fingerprint density at radius 1 is 1.26 bits per heavy atom. The molecule has 1 aliphatic heterocycles. The fourth-order valence-corrected chi connectivity index (χ4v) is 2.83. The molecule has 8 heteroatoms. The molecule has 1 heterocycles. The standard InChI is InChI=1S/C19H17ClN2O5/c1-2-26-19(25)13-5-3-4-6-14(13)21-17(23)10-22-15-9-12(20)7-8-16(15)27-11-18(22)24/h3-9H,2,10-11H2,1H3,(H,21,23). The molecular formula is C19H17ClN2O5. The van der Waals surface area contributed by atoms with Crippen molar-refractivity contribution in [1.29, 1.82) is 0 Å². The zero-order valence-electron chi connectivity index (χ0n) is 14.5. The van der Waals surface area contributed by atoms with Gasteiger partial charge in [0.05, 0.1) is 23.5 Å². The number of rotatable bonds is 5. The van der Waals surface area contributed by atoms with E-state index in [-0.39, 0.29) is 31.2 Å². The Hall–Kier alpha value is -3.06. The van der Waals surface area contributed by atoms with Gasteiger partial charge in [0.2, 0.25) is 5.91 Å². The molecule has 0 saturated carbocycles. The Morgan fingerprint density at radius 2 is 2.04 bits per heavy atom. The van der Waals surface area contributed by atoms with Gasteiger partial charge in [-0.25, -0.2) is 4.79 Å².